The quantitative estimate of drug-likeness (QED) is 0.447. The average molecular weight is 454 g/mol. The first-order chi connectivity index (χ1) is 15.4. The Bertz CT molecular complexity index is 1160. The minimum Gasteiger partial charge on any atom is -0.497 e. The van der Waals surface area contributed by atoms with Crippen molar-refractivity contribution in [2.75, 3.05) is 17.7 Å². The Hall–Kier alpha value is -3.66. The Balaban J connectivity index is 1.76. The number of para-hydroxylation sites is 1. The smallest absolute Gasteiger partial charge is 0.278 e. The van der Waals surface area contributed by atoms with Crippen LogP contribution in [-0.4, -0.2) is 39.4 Å². The molecule has 2 aromatic carbocycles. The Morgan fingerprint density at radius 2 is 1.81 bits per heavy atom. The summed E-state index contributed by atoms with van der Waals surface area (Å²) in [4.78, 5) is 39.5. The molecule has 1 atom stereocenters. The van der Waals surface area contributed by atoms with Gasteiger partial charge in [-0.2, -0.15) is 0 Å². The van der Waals surface area contributed by atoms with Gasteiger partial charge in [-0.3, -0.25) is 19.4 Å². The molecule has 166 valence electrons. The monoisotopic (exact) mass is 453 g/mol. The van der Waals surface area contributed by atoms with Gasteiger partial charge in [0.2, 0.25) is 11.8 Å². The number of carbonyl (C=O) groups excluding carboxylic acids is 2. The Kier molecular flexibility index (Phi) is 7.61. The summed E-state index contributed by atoms with van der Waals surface area (Å²) in [6.45, 7) is 3.25. The molecule has 0 radical (unpaired) electrons. The fourth-order valence-electron chi connectivity index (χ4n) is 2.89. The third kappa shape index (κ3) is 5.73. The topological polar surface area (TPSA) is 126 Å². The van der Waals surface area contributed by atoms with Gasteiger partial charge in [-0.25, -0.2) is 0 Å². The summed E-state index contributed by atoms with van der Waals surface area (Å²) in [7, 11) is 1.57. The van der Waals surface area contributed by atoms with Crippen LogP contribution in [0.4, 0.5) is 11.4 Å². The third-order valence-electron chi connectivity index (χ3n) is 4.44. The van der Waals surface area contributed by atoms with Crippen LogP contribution in [0.3, 0.4) is 0 Å². The number of anilines is 2. The second kappa shape index (κ2) is 10.6. The molecule has 0 aliphatic rings. The lowest BCUT2D eigenvalue weighted by molar-refractivity contribution is -0.116. The van der Waals surface area contributed by atoms with E-state index in [0.29, 0.717) is 29.1 Å². The van der Waals surface area contributed by atoms with Crippen LogP contribution < -0.4 is 20.9 Å². The molecule has 3 rings (SSSR count). The molecule has 1 heterocycles. The third-order valence-corrected chi connectivity index (χ3v) is 5.68. The molecule has 2 amide bonds. The van der Waals surface area contributed by atoms with E-state index in [2.05, 4.69) is 25.8 Å². The van der Waals surface area contributed by atoms with Crippen LogP contribution >= 0.6 is 11.8 Å². The van der Waals surface area contributed by atoms with Crippen molar-refractivity contribution >= 4 is 35.0 Å². The fourth-order valence-corrected chi connectivity index (χ4v) is 3.74. The van der Waals surface area contributed by atoms with Crippen molar-refractivity contribution in [1.29, 1.82) is 0 Å². The molecule has 0 aliphatic carbocycles. The van der Waals surface area contributed by atoms with Crippen molar-refractivity contribution in [3.8, 4) is 17.0 Å². The van der Waals surface area contributed by atoms with Crippen molar-refractivity contribution in [3.63, 3.8) is 0 Å². The number of amides is 2. The summed E-state index contributed by atoms with van der Waals surface area (Å²) < 4.78 is 5.11. The SMILES string of the molecule is CC[C@@H](Sc1nnc(-c2ccccc2NC(C)=O)c(=O)[nH]1)C(=O)Nc1ccc(OC)cc1. The first kappa shape index (κ1) is 23.0. The zero-order valence-corrected chi connectivity index (χ0v) is 18.7. The molecule has 0 spiro atoms. The molecule has 0 saturated heterocycles. The van der Waals surface area contributed by atoms with E-state index in [1.165, 1.54) is 6.92 Å². The normalized spacial score (nSPS) is 11.5. The lowest BCUT2D eigenvalue weighted by Gasteiger charge is -2.14. The van der Waals surface area contributed by atoms with Crippen LogP contribution in [-0.2, 0) is 9.59 Å². The molecule has 10 heteroatoms. The van der Waals surface area contributed by atoms with E-state index < -0.39 is 10.8 Å². The highest BCUT2D eigenvalue weighted by Gasteiger charge is 2.21. The van der Waals surface area contributed by atoms with Crippen molar-refractivity contribution in [2.45, 2.75) is 30.7 Å². The fraction of sp³-hybridized carbons (Fsp3) is 0.227. The minimum absolute atomic E-state index is 0.0782. The van der Waals surface area contributed by atoms with Crippen molar-refractivity contribution in [2.24, 2.45) is 0 Å². The maximum atomic E-state index is 12.7. The van der Waals surface area contributed by atoms with E-state index in [1.54, 1.807) is 55.6 Å². The number of carbonyl (C=O) groups is 2. The molecular weight excluding hydrogens is 430 g/mol. The highest BCUT2D eigenvalue weighted by atomic mass is 32.2. The van der Waals surface area contributed by atoms with Gasteiger partial charge in [0, 0.05) is 18.2 Å². The predicted molar refractivity (Wildman–Crippen MR) is 124 cm³/mol. The van der Waals surface area contributed by atoms with Gasteiger partial charge in [0.1, 0.15) is 5.75 Å². The molecule has 0 aliphatic heterocycles. The van der Waals surface area contributed by atoms with E-state index in [1.807, 2.05) is 6.92 Å². The van der Waals surface area contributed by atoms with Crippen molar-refractivity contribution in [1.82, 2.24) is 15.2 Å². The highest BCUT2D eigenvalue weighted by Crippen LogP contribution is 2.26. The van der Waals surface area contributed by atoms with Crippen LogP contribution in [0.25, 0.3) is 11.3 Å². The Labute approximate surface area is 189 Å². The molecule has 0 unspecified atom stereocenters. The number of methoxy groups -OCH3 is 1. The number of benzene rings is 2. The van der Waals surface area contributed by atoms with E-state index >= 15 is 0 Å². The standard InChI is InChI=1S/C22H23N5O4S/c1-4-18(20(29)24-14-9-11-15(31-3)12-10-14)32-22-25-21(30)19(26-27-22)16-7-5-6-8-17(16)23-13(2)28/h5-12,18H,4H2,1-3H3,(H,23,28)(H,24,29)(H,25,27,30)/t18-/m1/s1. The van der Waals surface area contributed by atoms with Gasteiger partial charge in [0.25, 0.3) is 5.56 Å². The lowest BCUT2D eigenvalue weighted by atomic mass is 10.1. The van der Waals surface area contributed by atoms with Gasteiger partial charge >= 0.3 is 0 Å². The van der Waals surface area contributed by atoms with Crippen LogP contribution in [0.1, 0.15) is 20.3 Å². The Morgan fingerprint density at radius 3 is 2.44 bits per heavy atom. The van der Waals surface area contributed by atoms with Gasteiger partial charge in [0.05, 0.1) is 18.0 Å². The summed E-state index contributed by atoms with van der Waals surface area (Å²) in [5.74, 6) is 0.213. The maximum absolute atomic E-state index is 12.7. The van der Waals surface area contributed by atoms with Gasteiger partial charge in [0.15, 0.2) is 10.9 Å². The number of rotatable bonds is 8. The first-order valence-corrected chi connectivity index (χ1v) is 10.7. The van der Waals surface area contributed by atoms with Crippen LogP contribution in [0.5, 0.6) is 5.75 Å². The molecule has 3 aromatic rings. The van der Waals surface area contributed by atoms with Gasteiger partial charge in [-0.1, -0.05) is 36.9 Å². The molecule has 0 saturated carbocycles. The zero-order valence-electron chi connectivity index (χ0n) is 17.8. The van der Waals surface area contributed by atoms with Crippen molar-refractivity contribution in [3.05, 3.63) is 58.9 Å². The van der Waals surface area contributed by atoms with Gasteiger partial charge < -0.3 is 15.4 Å². The molecular formula is C22H23N5O4S. The van der Waals surface area contributed by atoms with Crippen LogP contribution in [0.15, 0.2) is 58.5 Å². The van der Waals surface area contributed by atoms with E-state index in [4.69, 9.17) is 4.74 Å². The van der Waals surface area contributed by atoms with E-state index in [9.17, 15) is 14.4 Å². The number of hydrogen-bond donors (Lipinski definition) is 3. The maximum Gasteiger partial charge on any atom is 0.278 e. The van der Waals surface area contributed by atoms with E-state index in [-0.39, 0.29) is 22.7 Å². The number of thioether (sulfide) groups is 1. The summed E-state index contributed by atoms with van der Waals surface area (Å²) in [6.07, 6.45) is 0.517. The minimum atomic E-state index is -0.487. The molecule has 1 aromatic heterocycles. The lowest BCUT2D eigenvalue weighted by Crippen LogP contribution is -2.25. The molecule has 0 bridgehead atoms. The van der Waals surface area contributed by atoms with Crippen molar-refractivity contribution < 1.29 is 14.3 Å². The number of aromatic nitrogens is 3. The number of nitrogens with zero attached hydrogens (tertiary/aromatic N) is 2. The predicted octanol–water partition coefficient (Wildman–Crippen LogP) is 3.31. The van der Waals surface area contributed by atoms with Gasteiger partial charge in [-0.05, 0) is 36.8 Å². The molecule has 9 nitrogen and oxygen atoms in total. The number of nitrogens with one attached hydrogen (secondary N) is 3. The second-order valence-corrected chi connectivity index (χ2v) is 7.96. The average Bonchev–Trinajstić information content (AvgIpc) is 2.78. The Morgan fingerprint density at radius 1 is 1.09 bits per heavy atom. The van der Waals surface area contributed by atoms with Crippen LogP contribution in [0, 0.1) is 0 Å². The second-order valence-electron chi connectivity index (χ2n) is 6.77. The van der Waals surface area contributed by atoms with Crippen LogP contribution in [0.2, 0.25) is 0 Å². The largest absolute Gasteiger partial charge is 0.497 e. The van der Waals surface area contributed by atoms with Gasteiger partial charge in [-0.15, -0.1) is 10.2 Å². The summed E-state index contributed by atoms with van der Waals surface area (Å²) in [5, 5.41) is 13.4. The first-order valence-electron chi connectivity index (χ1n) is 9.86. The zero-order chi connectivity index (χ0) is 23.1. The van der Waals surface area contributed by atoms with E-state index in [0.717, 1.165) is 11.8 Å². The number of H-pyrrole nitrogens is 1. The summed E-state index contributed by atoms with van der Waals surface area (Å²) >= 11 is 1.12. The number of ether oxygens (including phenoxy) is 1. The molecule has 0 fully saturated rings. The summed E-state index contributed by atoms with van der Waals surface area (Å²) in [5.41, 5.74) is 1.17. The molecule has 32 heavy (non-hydrogen) atoms. The summed E-state index contributed by atoms with van der Waals surface area (Å²) in [6, 6.07) is 13.8. The molecule has 3 N–H and O–H groups in total. The highest BCUT2D eigenvalue weighted by molar-refractivity contribution is 8.00. The number of hydrogen-bond acceptors (Lipinski definition) is 7. The number of aromatic amines is 1.